The Balaban J connectivity index is 3.14. The van der Waals surface area contributed by atoms with Gasteiger partial charge in [0.1, 0.15) is 0 Å². The SMILES string of the molecule is C=C(C)CNc1ccc(C(=O)O)c(C(F)(F)F)c1. The molecule has 0 amide bonds. The number of carbonyl (C=O) groups is 1. The minimum Gasteiger partial charge on any atom is -0.478 e. The van der Waals surface area contributed by atoms with Crippen molar-refractivity contribution in [2.24, 2.45) is 0 Å². The van der Waals surface area contributed by atoms with Crippen LogP contribution >= 0.6 is 0 Å². The van der Waals surface area contributed by atoms with Crippen molar-refractivity contribution in [3.05, 3.63) is 41.5 Å². The van der Waals surface area contributed by atoms with E-state index < -0.39 is 23.3 Å². The maximum absolute atomic E-state index is 12.7. The van der Waals surface area contributed by atoms with E-state index >= 15 is 0 Å². The maximum atomic E-state index is 12.7. The molecule has 0 unspecified atom stereocenters. The molecule has 0 atom stereocenters. The Morgan fingerprint density at radius 1 is 1.44 bits per heavy atom. The summed E-state index contributed by atoms with van der Waals surface area (Å²) >= 11 is 0. The molecule has 0 fully saturated rings. The number of aromatic carboxylic acids is 1. The molecular formula is C12H12F3NO2. The largest absolute Gasteiger partial charge is 0.478 e. The molecule has 0 spiro atoms. The Morgan fingerprint density at radius 3 is 2.50 bits per heavy atom. The summed E-state index contributed by atoms with van der Waals surface area (Å²) in [5.74, 6) is -1.60. The van der Waals surface area contributed by atoms with Gasteiger partial charge in [0.2, 0.25) is 0 Å². The molecule has 0 aliphatic rings. The first-order valence-corrected chi connectivity index (χ1v) is 5.04. The van der Waals surface area contributed by atoms with Crippen molar-refractivity contribution in [2.75, 3.05) is 11.9 Å². The second-order valence-corrected chi connectivity index (χ2v) is 3.87. The zero-order valence-corrected chi connectivity index (χ0v) is 9.64. The van der Waals surface area contributed by atoms with Crippen LogP contribution < -0.4 is 5.32 Å². The Morgan fingerprint density at radius 2 is 2.06 bits per heavy atom. The van der Waals surface area contributed by atoms with E-state index in [0.717, 1.165) is 17.7 Å². The second-order valence-electron chi connectivity index (χ2n) is 3.87. The lowest BCUT2D eigenvalue weighted by Gasteiger charge is -2.13. The van der Waals surface area contributed by atoms with Gasteiger partial charge in [0.05, 0.1) is 11.1 Å². The Kier molecular flexibility index (Phi) is 4.00. The first kappa shape index (κ1) is 14.1. The van der Waals surface area contributed by atoms with Crippen LogP contribution in [0.15, 0.2) is 30.4 Å². The summed E-state index contributed by atoms with van der Waals surface area (Å²) in [5, 5.41) is 11.4. The summed E-state index contributed by atoms with van der Waals surface area (Å²) in [4.78, 5) is 10.7. The summed E-state index contributed by atoms with van der Waals surface area (Å²) in [7, 11) is 0. The lowest BCUT2D eigenvalue weighted by atomic mass is 10.1. The first-order chi connectivity index (χ1) is 8.21. The molecule has 0 saturated carbocycles. The normalized spacial score (nSPS) is 11.1. The highest BCUT2D eigenvalue weighted by molar-refractivity contribution is 5.90. The molecule has 0 bridgehead atoms. The van der Waals surface area contributed by atoms with Gasteiger partial charge in [-0.15, -0.1) is 0 Å². The second kappa shape index (κ2) is 5.12. The Hall–Kier alpha value is -1.98. The highest BCUT2D eigenvalue weighted by Crippen LogP contribution is 2.33. The van der Waals surface area contributed by atoms with Gasteiger partial charge in [0.25, 0.3) is 0 Å². The molecule has 0 aliphatic heterocycles. The fourth-order valence-corrected chi connectivity index (χ4v) is 1.33. The molecule has 0 heterocycles. The van der Waals surface area contributed by atoms with Gasteiger partial charge in [-0.1, -0.05) is 12.2 Å². The third kappa shape index (κ3) is 3.51. The number of halogens is 3. The van der Waals surface area contributed by atoms with E-state index in [2.05, 4.69) is 11.9 Å². The fraction of sp³-hybridized carbons (Fsp3) is 0.250. The van der Waals surface area contributed by atoms with Crippen molar-refractivity contribution in [1.82, 2.24) is 0 Å². The van der Waals surface area contributed by atoms with Crippen molar-refractivity contribution in [1.29, 1.82) is 0 Å². The topological polar surface area (TPSA) is 49.3 Å². The van der Waals surface area contributed by atoms with E-state index in [4.69, 9.17) is 5.11 Å². The highest BCUT2D eigenvalue weighted by Gasteiger charge is 2.35. The van der Waals surface area contributed by atoms with Gasteiger partial charge in [0.15, 0.2) is 0 Å². The maximum Gasteiger partial charge on any atom is 0.417 e. The third-order valence-corrected chi connectivity index (χ3v) is 2.15. The zero-order valence-electron chi connectivity index (χ0n) is 9.64. The van der Waals surface area contributed by atoms with Crippen molar-refractivity contribution < 1.29 is 23.1 Å². The van der Waals surface area contributed by atoms with Crippen LogP contribution in [-0.4, -0.2) is 17.6 Å². The Bertz CT molecular complexity index is 481. The van der Waals surface area contributed by atoms with E-state index in [0.29, 0.717) is 6.54 Å². The van der Waals surface area contributed by atoms with Crippen LogP contribution in [-0.2, 0) is 6.18 Å². The summed E-state index contributed by atoms with van der Waals surface area (Å²) in [6.45, 7) is 5.66. The number of hydrogen-bond acceptors (Lipinski definition) is 2. The molecular weight excluding hydrogens is 247 g/mol. The predicted molar refractivity (Wildman–Crippen MR) is 61.7 cm³/mol. The summed E-state index contributed by atoms with van der Waals surface area (Å²) < 4.78 is 38.0. The molecule has 18 heavy (non-hydrogen) atoms. The average Bonchev–Trinajstić information content (AvgIpc) is 2.24. The number of carboxylic acid groups (broad SMARTS) is 1. The molecule has 0 aromatic heterocycles. The molecule has 98 valence electrons. The molecule has 6 heteroatoms. The van der Waals surface area contributed by atoms with E-state index in [9.17, 15) is 18.0 Å². The predicted octanol–water partition coefficient (Wildman–Crippen LogP) is 3.39. The van der Waals surface area contributed by atoms with Crippen LogP contribution in [0.4, 0.5) is 18.9 Å². The number of nitrogens with one attached hydrogen (secondary N) is 1. The van der Waals surface area contributed by atoms with Crippen LogP contribution in [0.1, 0.15) is 22.8 Å². The molecule has 0 radical (unpaired) electrons. The summed E-state index contributed by atoms with van der Waals surface area (Å²) in [6, 6.07) is 3.01. The highest BCUT2D eigenvalue weighted by atomic mass is 19.4. The van der Waals surface area contributed by atoms with E-state index in [1.807, 2.05) is 0 Å². The van der Waals surface area contributed by atoms with E-state index in [1.54, 1.807) is 6.92 Å². The summed E-state index contributed by atoms with van der Waals surface area (Å²) in [6.07, 6.45) is -4.70. The van der Waals surface area contributed by atoms with Gasteiger partial charge in [-0.05, 0) is 25.1 Å². The number of alkyl halides is 3. The number of carboxylic acids is 1. The van der Waals surface area contributed by atoms with Crippen molar-refractivity contribution in [3.63, 3.8) is 0 Å². The molecule has 0 aliphatic carbocycles. The zero-order chi connectivity index (χ0) is 13.9. The number of hydrogen-bond donors (Lipinski definition) is 2. The number of benzene rings is 1. The lowest BCUT2D eigenvalue weighted by molar-refractivity contribution is -0.138. The molecule has 3 nitrogen and oxygen atoms in total. The van der Waals surface area contributed by atoms with Gasteiger partial charge in [0, 0.05) is 12.2 Å². The molecule has 1 rings (SSSR count). The van der Waals surface area contributed by atoms with Crippen LogP contribution in [0.25, 0.3) is 0 Å². The van der Waals surface area contributed by atoms with Crippen LogP contribution in [0, 0.1) is 0 Å². The molecule has 1 aromatic carbocycles. The quantitative estimate of drug-likeness (QED) is 0.815. The smallest absolute Gasteiger partial charge is 0.417 e. The minimum atomic E-state index is -4.70. The molecule has 2 N–H and O–H groups in total. The standard InChI is InChI=1S/C12H12F3NO2/c1-7(2)6-16-8-3-4-9(11(17)18)10(5-8)12(13,14)15/h3-5,16H,1,6H2,2H3,(H,17,18). The number of anilines is 1. The van der Waals surface area contributed by atoms with Crippen molar-refractivity contribution >= 4 is 11.7 Å². The Labute approximate surface area is 102 Å². The van der Waals surface area contributed by atoms with Gasteiger partial charge in [-0.2, -0.15) is 13.2 Å². The van der Waals surface area contributed by atoms with Crippen molar-refractivity contribution in [2.45, 2.75) is 13.1 Å². The van der Waals surface area contributed by atoms with Crippen LogP contribution in [0.3, 0.4) is 0 Å². The van der Waals surface area contributed by atoms with E-state index in [1.165, 1.54) is 6.07 Å². The average molecular weight is 259 g/mol. The van der Waals surface area contributed by atoms with Crippen LogP contribution in [0.2, 0.25) is 0 Å². The monoisotopic (exact) mass is 259 g/mol. The summed E-state index contributed by atoms with van der Waals surface area (Å²) in [5.41, 5.74) is -0.966. The third-order valence-electron chi connectivity index (χ3n) is 2.15. The molecule has 1 aromatic rings. The van der Waals surface area contributed by atoms with Gasteiger partial charge in [-0.25, -0.2) is 4.79 Å². The van der Waals surface area contributed by atoms with Gasteiger partial charge in [-0.3, -0.25) is 0 Å². The van der Waals surface area contributed by atoms with Crippen LogP contribution in [0.5, 0.6) is 0 Å². The van der Waals surface area contributed by atoms with Crippen molar-refractivity contribution in [3.8, 4) is 0 Å². The number of rotatable bonds is 4. The van der Waals surface area contributed by atoms with Gasteiger partial charge >= 0.3 is 12.1 Å². The first-order valence-electron chi connectivity index (χ1n) is 5.04. The fourth-order valence-electron chi connectivity index (χ4n) is 1.33. The molecule has 0 saturated heterocycles. The minimum absolute atomic E-state index is 0.204. The van der Waals surface area contributed by atoms with E-state index in [-0.39, 0.29) is 5.69 Å². The van der Waals surface area contributed by atoms with Gasteiger partial charge < -0.3 is 10.4 Å². The lowest BCUT2D eigenvalue weighted by Crippen LogP contribution is -2.14.